The Bertz CT molecular complexity index is 1490. The Hall–Kier alpha value is -4.05. The fourth-order valence-electron chi connectivity index (χ4n) is 3.82. The van der Waals surface area contributed by atoms with Crippen molar-refractivity contribution in [3.63, 3.8) is 0 Å². The minimum atomic E-state index is -1.26. The van der Waals surface area contributed by atoms with Gasteiger partial charge in [-0.15, -0.1) is 11.3 Å². The number of carbonyl (C=O) groups is 2. The van der Waals surface area contributed by atoms with E-state index in [4.69, 9.17) is 4.98 Å². The van der Waals surface area contributed by atoms with Crippen LogP contribution >= 0.6 is 11.3 Å². The number of hydrogen-bond donors (Lipinski definition) is 3. The summed E-state index contributed by atoms with van der Waals surface area (Å²) >= 11 is 1.48. The Morgan fingerprint density at radius 3 is 2.60 bits per heavy atom. The van der Waals surface area contributed by atoms with Crippen molar-refractivity contribution in [2.24, 2.45) is 0 Å². The number of amides is 2. The smallest absolute Gasteiger partial charge is 0.341 e. The Labute approximate surface area is 205 Å². The molecule has 0 unspecified atom stereocenters. The SMILES string of the molecule is CCNC(=O)Nc1cc(-c2nc(CC)cs2)c(-c2ccc3c(c2)c(=O)c(C(=O)O)cn3CC)cn1. The Morgan fingerprint density at radius 2 is 1.94 bits per heavy atom. The molecule has 0 aliphatic heterocycles. The lowest BCUT2D eigenvalue weighted by molar-refractivity contribution is 0.0695. The summed E-state index contributed by atoms with van der Waals surface area (Å²) in [6, 6.07) is 6.78. The highest BCUT2D eigenvalue weighted by atomic mass is 32.1. The Kier molecular flexibility index (Phi) is 6.92. The second-order valence-electron chi connectivity index (χ2n) is 7.79. The summed E-state index contributed by atoms with van der Waals surface area (Å²) in [4.78, 5) is 45.8. The maximum absolute atomic E-state index is 13.0. The molecule has 3 aromatic heterocycles. The van der Waals surface area contributed by atoms with Gasteiger partial charge in [-0.2, -0.15) is 0 Å². The van der Waals surface area contributed by atoms with Crippen molar-refractivity contribution in [2.45, 2.75) is 33.7 Å². The van der Waals surface area contributed by atoms with Crippen molar-refractivity contribution in [1.82, 2.24) is 19.9 Å². The molecule has 180 valence electrons. The lowest BCUT2D eigenvalue weighted by Crippen LogP contribution is -2.28. The van der Waals surface area contributed by atoms with E-state index in [0.29, 0.717) is 40.9 Å². The topological polar surface area (TPSA) is 126 Å². The number of aryl methyl sites for hydroxylation is 2. The number of carbonyl (C=O) groups excluding carboxylic acids is 1. The summed E-state index contributed by atoms with van der Waals surface area (Å²) in [6.07, 6.45) is 3.79. The van der Waals surface area contributed by atoms with Crippen molar-refractivity contribution in [2.75, 3.05) is 11.9 Å². The number of benzene rings is 1. The molecule has 0 saturated carbocycles. The largest absolute Gasteiger partial charge is 0.477 e. The summed E-state index contributed by atoms with van der Waals surface area (Å²) < 4.78 is 1.75. The summed E-state index contributed by atoms with van der Waals surface area (Å²) in [7, 11) is 0. The van der Waals surface area contributed by atoms with E-state index >= 15 is 0 Å². The first-order chi connectivity index (χ1) is 16.9. The van der Waals surface area contributed by atoms with E-state index in [2.05, 4.69) is 15.6 Å². The molecule has 35 heavy (non-hydrogen) atoms. The standard InChI is InChI=1S/C25H25N5O4S/c1-4-15-13-35-23(28-15)16-10-21(29-25(34)26-5-2)27-11-18(16)14-7-8-20-17(9-14)22(31)19(24(32)33)12-30(20)6-3/h7-13H,4-6H2,1-3H3,(H,32,33)(H2,26,27,29,34). The maximum atomic E-state index is 13.0. The molecule has 3 heterocycles. The number of pyridine rings is 2. The van der Waals surface area contributed by atoms with Crippen LogP contribution in [0, 0.1) is 0 Å². The number of nitrogens with one attached hydrogen (secondary N) is 2. The van der Waals surface area contributed by atoms with Crippen molar-refractivity contribution in [3.05, 3.63) is 63.5 Å². The molecule has 0 saturated heterocycles. The van der Waals surface area contributed by atoms with E-state index in [9.17, 15) is 19.5 Å². The van der Waals surface area contributed by atoms with Gasteiger partial charge in [0.05, 0.1) is 11.2 Å². The van der Waals surface area contributed by atoms with Gasteiger partial charge in [-0.3, -0.25) is 10.1 Å². The van der Waals surface area contributed by atoms with Crippen LogP contribution in [0.4, 0.5) is 10.6 Å². The second kappa shape index (κ2) is 10.1. The van der Waals surface area contributed by atoms with Crippen LogP contribution in [0.25, 0.3) is 32.6 Å². The predicted octanol–water partition coefficient (Wildman–Crippen LogP) is 4.61. The molecule has 3 N–H and O–H groups in total. The van der Waals surface area contributed by atoms with Crippen molar-refractivity contribution >= 4 is 40.1 Å². The van der Waals surface area contributed by atoms with Gasteiger partial charge in [-0.1, -0.05) is 13.0 Å². The molecular formula is C25H25N5O4S. The van der Waals surface area contributed by atoms with E-state index in [-0.39, 0.29) is 11.6 Å². The van der Waals surface area contributed by atoms with Crippen LogP contribution < -0.4 is 16.1 Å². The molecule has 9 nitrogen and oxygen atoms in total. The molecule has 0 bridgehead atoms. The zero-order valence-electron chi connectivity index (χ0n) is 19.6. The normalized spacial score (nSPS) is 10.9. The zero-order chi connectivity index (χ0) is 25.1. The third-order valence-electron chi connectivity index (χ3n) is 5.59. The highest BCUT2D eigenvalue weighted by molar-refractivity contribution is 7.13. The van der Waals surface area contributed by atoms with E-state index in [0.717, 1.165) is 22.7 Å². The van der Waals surface area contributed by atoms with Gasteiger partial charge in [0, 0.05) is 47.4 Å². The monoisotopic (exact) mass is 491 g/mol. The average Bonchev–Trinajstić information content (AvgIpc) is 3.33. The van der Waals surface area contributed by atoms with Crippen LogP contribution in [0.15, 0.2) is 46.8 Å². The maximum Gasteiger partial charge on any atom is 0.341 e. The fourth-order valence-corrected chi connectivity index (χ4v) is 4.76. The van der Waals surface area contributed by atoms with E-state index in [1.54, 1.807) is 22.9 Å². The van der Waals surface area contributed by atoms with Gasteiger partial charge in [-0.25, -0.2) is 19.6 Å². The number of urea groups is 1. The Balaban J connectivity index is 1.91. The number of aromatic carboxylic acids is 1. The molecule has 0 spiro atoms. The van der Waals surface area contributed by atoms with Crippen LogP contribution in [0.5, 0.6) is 0 Å². The number of carboxylic acid groups (broad SMARTS) is 1. The lowest BCUT2D eigenvalue weighted by atomic mass is 9.99. The molecule has 0 radical (unpaired) electrons. The molecule has 2 amide bonds. The molecule has 4 rings (SSSR count). The van der Waals surface area contributed by atoms with Crippen LogP contribution in [0.3, 0.4) is 0 Å². The van der Waals surface area contributed by atoms with Crippen LogP contribution in [0.1, 0.15) is 36.8 Å². The Morgan fingerprint density at radius 1 is 1.14 bits per heavy atom. The zero-order valence-corrected chi connectivity index (χ0v) is 20.4. The fraction of sp³-hybridized carbons (Fsp3) is 0.240. The van der Waals surface area contributed by atoms with Crippen LogP contribution in [0.2, 0.25) is 0 Å². The number of fused-ring (bicyclic) bond motifs is 1. The summed E-state index contributed by atoms with van der Waals surface area (Å²) in [5, 5.41) is 18.0. The minimum Gasteiger partial charge on any atom is -0.477 e. The van der Waals surface area contributed by atoms with E-state index < -0.39 is 11.4 Å². The molecule has 0 aliphatic carbocycles. The number of hydrogen-bond acceptors (Lipinski definition) is 6. The van der Waals surface area contributed by atoms with Gasteiger partial charge >= 0.3 is 12.0 Å². The summed E-state index contributed by atoms with van der Waals surface area (Å²) in [6.45, 7) is 6.73. The molecule has 10 heteroatoms. The minimum absolute atomic E-state index is 0.274. The van der Waals surface area contributed by atoms with Gasteiger partial charge in [0.25, 0.3) is 0 Å². The lowest BCUT2D eigenvalue weighted by Gasteiger charge is -2.14. The van der Waals surface area contributed by atoms with Crippen LogP contribution in [-0.4, -0.2) is 38.2 Å². The first-order valence-electron chi connectivity index (χ1n) is 11.3. The molecule has 4 aromatic rings. The molecule has 0 atom stereocenters. The van der Waals surface area contributed by atoms with Crippen molar-refractivity contribution in [1.29, 1.82) is 0 Å². The van der Waals surface area contributed by atoms with Crippen molar-refractivity contribution in [3.8, 4) is 21.7 Å². The van der Waals surface area contributed by atoms with Gasteiger partial charge in [-0.05, 0) is 44.0 Å². The van der Waals surface area contributed by atoms with E-state index in [1.807, 2.05) is 38.3 Å². The number of nitrogens with zero attached hydrogens (tertiary/aromatic N) is 3. The van der Waals surface area contributed by atoms with Gasteiger partial charge < -0.3 is 15.0 Å². The highest BCUT2D eigenvalue weighted by Gasteiger charge is 2.18. The molecule has 1 aromatic carbocycles. The first-order valence-corrected chi connectivity index (χ1v) is 12.1. The van der Waals surface area contributed by atoms with Gasteiger partial charge in [0.1, 0.15) is 16.4 Å². The number of rotatable bonds is 7. The molecule has 0 fully saturated rings. The number of anilines is 1. The third-order valence-corrected chi connectivity index (χ3v) is 6.51. The predicted molar refractivity (Wildman–Crippen MR) is 137 cm³/mol. The molecular weight excluding hydrogens is 466 g/mol. The van der Waals surface area contributed by atoms with Gasteiger partial charge in [0.2, 0.25) is 5.43 Å². The summed E-state index contributed by atoms with van der Waals surface area (Å²) in [5.41, 5.74) is 2.95. The average molecular weight is 492 g/mol. The van der Waals surface area contributed by atoms with E-state index in [1.165, 1.54) is 17.5 Å². The van der Waals surface area contributed by atoms with Crippen molar-refractivity contribution < 1.29 is 14.7 Å². The highest BCUT2D eigenvalue weighted by Crippen LogP contribution is 2.36. The first kappa shape index (κ1) is 24.1. The number of carboxylic acids is 1. The summed E-state index contributed by atoms with van der Waals surface area (Å²) in [5.74, 6) is -0.896. The third kappa shape index (κ3) is 4.78. The number of thiazole rings is 1. The molecule has 0 aliphatic rings. The van der Waals surface area contributed by atoms with Gasteiger partial charge in [0.15, 0.2) is 0 Å². The number of aromatic nitrogens is 3. The second-order valence-corrected chi connectivity index (χ2v) is 8.65. The van der Waals surface area contributed by atoms with Crippen LogP contribution in [-0.2, 0) is 13.0 Å². The quantitative estimate of drug-likeness (QED) is 0.347.